The van der Waals surface area contributed by atoms with Crippen molar-refractivity contribution >= 4 is 40.7 Å². The molecule has 104 valence electrons. The predicted octanol–water partition coefficient (Wildman–Crippen LogP) is 3.53. The Kier molecular flexibility index (Phi) is 2.67. The number of amides is 2. The van der Waals surface area contributed by atoms with E-state index in [1.54, 1.807) is 18.2 Å². The van der Waals surface area contributed by atoms with Gasteiger partial charge in [0, 0.05) is 0 Å². The molecule has 4 unspecified atom stereocenters. The van der Waals surface area contributed by atoms with Crippen molar-refractivity contribution in [2.75, 3.05) is 4.90 Å². The van der Waals surface area contributed by atoms with Crippen molar-refractivity contribution in [3.05, 3.63) is 28.2 Å². The highest BCUT2D eigenvalue weighted by Crippen LogP contribution is 2.56. The lowest BCUT2D eigenvalue weighted by Gasteiger charge is -2.19. The summed E-state index contributed by atoms with van der Waals surface area (Å²) in [5.41, 5.74) is 0.545. The fraction of sp³-hybridized carbons (Fsp3) is 0.467. The van der Waals surface area contributed by atoms with Gasteiger partial charge in [-0.2, -0.15) is 0 Å². The second-order valence-electron chi connectivity index (χ2n) is 6.00. The first-order valence-corrected chi connectivity index (χ1v) is 7.66. The molecule has 1 saturated heterocycles. The van der Waals surface area contributed by atoms with Gasteiger partial charge in [-0.05, 0) is 49.3 Å². The molecule has 1 heterocycles. The molecule has 1 aliphatic heterocycles. The molecular formula is C15H13Cl2NO2. The van der Waals surface area contributed by atoms with Gasteiger partial charge < -0.3 is 0 Å². The number of anilines is 1. The monoisotopic (exact) mass is 309 g/mol. The number of carbonyl (C=O) groups is 2. The van der Waals surface area contributed by atoms with Gasteiger partial charge in [0.2, 0.25) is 11.8 Å². The van der Waals surface area contributed by atoms with Gasteiger partial charge in [0.25, 0.3) is 0 Å². The summed E-state index contributed by atoms with van der Waals surface area (Å²) in [7, 11) is 0. The molecule has 3 fully saturated rings. The van der Waals surface area contributed by atoms with Crippen LogP contribution in [0.4, 0.5) is 5.69 Å². The number of halogens is 2. The van der Waals surface area contributed by atoms with Crippen molar-refractivity contribution in [3.8, 4) is 0 Å². The molecule has 2 aliphatic carbocycles. The van der Waals surface area contributed by atoms with Crippen LogP contribution in [-0.2, 0) is 9.59 Å². The van der Waals surface area contributed by atoms with Crippen molar-refractivity contribution in [2.45, 2.75) is 19.3 Å². The van der Waals surface area contributed by atoms with Crippen LogP contribution in [0.1, 0.15) is 19.3 Å². The molecule has 0 N–H and O–H groups in total. The Morgan fingerprint density at radius 3 is 2.10 bits per heavy atom. The highest BCUT2D eigenvalue weighted by molar-refractivity contribution is 6.42. The fourth-order valence-corrected chi connectivity index (χ4v) is 4.58. The number of rotatable bonds is 1. The van der Waals surface area contributed by atoms with E-state index in [1.165, 1.54) is 4.90 Å². The molecule has 2 bridgehead atoms. The Labute approximate surface area is 126 Å². The summed E-state index contributed by atoms with van der Waals surface area (Å²) in [6, 6.07) is 4.91. The Hall–Kier alpha value is -1.06. The number of hydrogen-bond donors (Lipinski definition) is 0. The smallest absolute Gasteiger partial charge is 0.237 e. The lowest BCUT2D eigenvalue weighted by molar-refractivity contribution is -0.123. The molecule has 20 heavy (non-hydrogen) atoms. The van der Waals surface area contributed by atoms with Crippen LogP contribution >= 0.6 is 23.2 Å². The van der Waals surface area contributed by atoms with Gasteiger partial charge in [0.1, 0.15) is 0 Å². The topological polar surface area (TPSA) is 37.4 Å². The summed E-state index contributed by atoms with van der Waals surface area (Å²) in [4.78, 5) is 26.5. The van der Waals surface area contributed by atoms with Crippen molar-refractivity contribution in [3.63, 3.8) is 0 Å². The van der Waals surface area contributed by atoms with Crippen LogP contribution < -0.4 is 4.90 Å². The first-order chi connectivity index (χ1) is 9.58. The Morgan fingerprint density at radius 2 is 1.55 bits per heavy atom. The van der Waals surface area contributed by atoms with Gasteiger partial charge >= 0.3 is 0 Å². The molecule has 5 heteroatoms. The summed E-state index contributed by atoms with van der Waals surface area (Å²) in [5.74, 6) is 0.492. The zero-order valence-electron chi connectivity index (χ0n) is 10.7. The van der Waals surface area contributed by atoms with E-state index in [0.717, 1.165) is 19.3 Å². The molecule has 0 spiro atoms. The van der Waals surface area contributed by atoms with Crippen LogP contribution in [0.3, 0.4) is 0 Å². The molecule has 2 amide bonds. The maximum absolute atomic E-state index is 12.6. The third-order valence-electron chi connectivity index (χ3n) is 5.09. The molecule has 4 rings (SSSR count). The van der Waals surface area contributed by atoms with Crippen LogP contribution in [0.25, 0.3) is 0 Å². The average Bonchev–Trinajstić information content (AvgIpc) is 3.08. The third-order valence-corrected chi connectivity index (χ3v) is 5.83. The number of benzene rings is 1. The standard InChI is InChI=1S/C15H13Cl2NO2/c16-10-4-3-9(6-11(10)17)18-14(19)12-7-1-2-8(5-7)13(12)15(18)20/h3-4,6-8,12-13H,1-2,5H2. The first-order valence-electron chi connectivity index (χ1n) is 6.91. The van der Waals surface area contributed by atoms with Crippen LogP contribution in [0.2, 0.25) is 10.0 Å². The zero-order chi connectivity index (χ0) is 14.0. The number of carbonyl (C=O) groups excluding carboxylic acids is 2. The minimum Gasteiger partial charge on any atom is -0.274 e. The Morgan fingerprint density at radius 1 is 0.950 bits per heavy atom. The van der Waals surface area contributed by atoms with Crippen molar-refractivity contribution in [2.24, 2.45) is 23.7 Å². The first kappa shape index (κ1) is 12.7. The van der Waals surface area contributed by atoms with Gasteiger partial charge in [0.15, 0.2) is 0 Å². The SMILES string of the molecule is O=C1C2C3CCC(C3)C2C(=O)N1c1ccc(Cl)c(Cl)c1. The normalized spacial score (nSPS) is 35.0. The van der Waals surface area contributed by atoms with Gasteiger partial charge in [-0.15, -0.1) is 0 Å². The van der Waals surface area contributed by atoms with Crippen molar-refractivity contribution < 1.29 is 9.59 Å². The molecule has 0 radical (unpaired) electrons. The van der Waals surface area contributed by atoms with Crippen LogP contribution in [0.15, 0.2) is 18.2 Å². The van der Waals surface area contributed by atoms with E-state index in [0.29, 0.717) is 27.6 Å². The van der Waals surface area contributed by atoms with Gasteiger partial charge in [-0.1, -0.05) is 23.2 Å². The van der Waals surface area contributed by atoms with Crippen LogP contribution in [-0.4, -0.2) is 11.8 Å². The highest BCUT2D eigenvalue weighted by Gasteiger charge is 2.61. The van der Waals surface area contributed by atoms with Gasteiger partial charge in [0.05, 0.1) is 27.6 Å². The summed E-state index contributed by atoms with van der Waals surface area (Å²) in [6.07, 6.45) is 3.21. The minimum atomic E-state index is -0.101. The summed E-state index contributed by atoms with van der Waals surface area (Å²) in [6.45, 7) is 0. The van der Waals surface area contributed by atoms with Crippen LogP contribution in [0.5, 0.6) is 0 Å². The second kappa shape index (κ2) is 4.22. The third kappa shape index (κ3) is 1.54. The number of nitrogens with zero attached hydrogens (tertiary/aromatic N) is 1. The van der Waals surface area contributed by atoms with E-state index in [-0.39, 0.29) is 23.7 Å². The quantitative estimate of drug-likeness (QED) is 0.744. The highest BCUT2D eigenvalue weighted by atomic mass is 35.5. The van der Waals surface area contributed by atoms with Crippen molar-refractivity contribution in [1.82, 2.24) is 0 Å². The van der Waals surface area contributed by atoms with E-state index in [9.17, 15) is 9.59 Å². The predicted molar refractivity (Wildman–Crippen MR) is 76.8 cm³/mol. The molecule has 3 nitrogen and oxygen atoms in total. The summed E-state index contributed by atoms with van der Waals surface area (Å²) >= 11 is 11.9. The summed E-state index contributed by atoms with van der Waals surface area (Å²) in [5, 5.41) is 0.791. The Bertz CT molecular complexity index is 602. The largest absolute Gasteiger partial charge is 0.274 e. The maximum Gasteiger partial charge on any atom is 0.237 e. The maximum atomic E-state index is 12.6. The second-order valence-corrected chi connectivity index (χ2v) is 6.81. The summed E-state index contributed by atoms with van der Waals surface area (Å²) < 4.78 is 0. The molecule has 1 aromatic carbocycles. The van der Waals surface area contributed by atoms with E-state index in [2.05, 4.69) is 0 Å². The number of imide groups is 1. The number of fused-ring (bicyclic) bond motifs is 5. The van der Waals surface area contributed by atoms with Gasteiger partial charge in [-0.3, -0.25) is 9.59 Å². The van der Waals surface area contributed by atoms with E-state index in [4.69, 9.17) is 23.2 Å². The molecule has 4 atom stereocenters. The van der Waals surface area contributed by atoms with Crippen LogP contribution in [0, 0.1) is 23.7 Å². The number of hydrogen-bond acceptors (Lipinski definition) is 2. The lowest BCUT2D eigenvalue weighted by atomic mass is 9.81. The van der Waals surface area contributed by atoms with E-state index in [1.807, 2.05) is 0 Å². The average molecular weight is 310 g/mol. The van der Waals surface area contributed by atoms with Gasteiger partial charge in [-0.25, -0.2) is 4.90 Å². The zero-order valence-corrected chi connectivity index (χ0v) is 12.2. The van der Waals surface area contributed by atoms with E-state index < -0.39 is 0 Å². The van der Waals surface area contributed by atoms with E-state index >= 15 is 0 Å². The molecular weight excluding hydrogens is 297 g/mol. The molecule has 3 aliphatic rings. The lowest BCUT2D eigenvalue weighted by Crippen LogP contribution is -2.32. The minimum absolute atomic E-state index is 0.0504. The molecule has 2 saturated carbocycles. The Balaban J connectivity index is 1.74. The molecule has 0 aromatic heterocycles. The molecule has 1 aromatic rings. The fourth-order valence-electron chi connectivity index (χ4n) is 4.29. The van der Waals surface area contributed by atoms with Crippen molar-refractivity contribution in [1.29, 1.82) is 0 Å².